The number of allylic oxidation sites excluding steroid dienone is 4. The summed E-state index contributed by atoms with van der Waals surface area (Å²) in [7, 11) is 1.42. The quantitative estimate of drug-likeness (QED) is 0.218. The molecule has 0 unspecified atom stereocenters. The van der Waals surface area contributed by atoms with Gasteiger partial charge in [0.2, 0.25) is 5.78 Å². The van der Waals surface area contributed by atoms with E-state index in [1.54, 1.807) is 44.9 Å². The highest BCUT2D eigenvalue weighted by Crippen LogP contribution is 2.48. The maximum atomic E-state index is 14.6. The number of amides is 1. The number of ketones is 3. The number of nitrogens with one attached hydrogen (secondary N) is 2. The molecule has 1 aromatic carbocycles. The molecule has 5 aliphatic rings. The summed E-state index contributed by atoms with van der Waals surface area (Å²) in [6, 6.07) is 0. The van der Waals surface area contributed by atoms with E-state index in [2.05, 4.69) is 15.7 Å². The van der Waals surface area contributed by atoms with Gasteiger partial charge in [0.1, 0.15) is 23.3 Å². The summed E-state index contributed by atoms with van der Waals surface area (Å²) in [4.78, 5) is 69.3. The number of nitrogens with zero attached hydrogens (tertiary/aromatic N) is 2. The molecule has 4 aliphatic heterocycles. The molecule has 5 N–H and O–H groups in total. The van der Waals surface area contributed by atoms with Gasteiger partial charge in [0, 0.05) is 81.9 Å². The number of aliphatic hydroxyl groups excluding tert-OH is 2. The van der Waals surface area contributed by atoms with Crippen LogP contribution in [-0.4, -0.2) is 119 Å². The van der Waals surface area contributed by atoms with Gasteiger partial charge >= 0.3 is 11.8 Å². The number of aromatic hydroxyl groups is 1. The number of phenols is 1. The van der Waals surface area contributed by atoms with Gasteiger partial charge in [0.15, 0.2) is 5.78 Å². The molecule has 1 amide bonds. The highest BCUT2D eigenvalue weighted by atomic mass is 16.7. The minimum atomic E-state index is -2.09. The van der Waals surface area contributed by atoms with E-state index >= 15 is 0 Å². The maximum absolute atomic E-state index is 14.6. The molecule has 0 aromatic heterocycles. The van der Waals surface area contributed by atoms with E-state index < -0.39 is 106 Å². The van der Waals surface area contributed by atoms with Crippen LogP contribution in [0.4, 0.5) is 0 Å². The summed E-state index contributed by atoms with van der Waals surface area (Å²) in [5.41, 5.74) is -1.84. The zero-order valence-electron chi connectivity index (χ0n) is 34.3. The van der Waals surface area contributed by atoms with Crippen molar-refractivity contribution in [2.45, 2.75) is 85.6 Å². The lowest BCUT2D eigenvalue weighted by molar-refractivity contribution is -0.160. The lowest BCUT2D eigenvalue weighted by Crippen LogP contribution is -2.46. The van der Waals surface area contributed by atoms with E-state index in [1.165, 1.54) is 59.4 Å². The van der Waals surface area contributed by atoms with E-state index in [0.717, 1.165) is 0 Å². The topological polar surface area (TPSA) is 223 Å². The van der Waals surface area contributed by atoms with Gasteiger partial charge in [-0.1, -0.05) is 45.9 Å². The van der Waals surface area contributed by atoms with Crippen molar-refractivity contribution in [2.75, 3.05) is 33.3 Å². The summed E-state index contributed by atoms with van der Waals surface area (Å²) in [5.74, 6) is -9.36. The number of benzene rings is 1. The summed E-state index contributed by atoms with van der Waals surface area (Å²) in [6.45, 7) is 14.6. The van der Waals surface area contributed by atoms with Crippen LogP contribution in [0.3, 0.4) is 0 Å². The van der Waals surface area contributed by atoms with Crippen molar-refractivity contribution in [3.63, 3.8) is 0 Å². The molecule has 1 fully saturated rings. The number of rotatable bonds is 4. The summed E-state index contributed by atoms with van der Waals surface area (Å²) >= 11 is 0. The van der Waals surface area contributed by atoms with E-state index in [-0.39, 0.29) is 28.0 Å². The van der Waals surface area contributed by atoms with Crippen LogP contribution in [-0.2, 0) is 23.8 Å². The number of fused-ring (bicyclic) bond motifs is 14. The SMILES string of the molecule is CO[C@H]1/C=C/O[C@@]2(C)Oc3c(C)c(O)c4c(c3C2=O)C(=O)C(/C=N/N2CCNCC2)=C(NC(=O)/C(C)=C\C=C\[C@H](C)[C@H](O)[C@@H](C)[C@@H](O)[C@@H](C)[C@H](OC(C)=O)[C@@H]1C)C4=O. The number of ether oxygens (including phenoxy) is 4. The van der Waals surface area contributed by atoms with Gasteiger partial charge in [-0.3, -0.25) is 29.0 Å². The number of carbonyl (C=O) groups is 5. The average Bonchev–Trinajstić information content (AvgIpc) is 3.46. The number of methoxy groups -OCH3 is 1. The molecule has 6 rings (SSSR count). The molecular formula is C42H54N4O12. The van der Waals surface area contributed by atoms with E-state index in [9.17, 15) is 39.3 Å². The van der Waals surface area contributed by atoms with E-state index in [0.29, 0.717) is 26.2 Å². The molecule has 1 aliphatic carbocycles. The molecule has 1 aromatic rings. The molecule has 0 spiro atoms. The van der Waals surface area contributed by atoms with Gasteiger partial charge in [0.25, 0.3) is 11.7 Å². The van der Waals surface area contributed by atoms with E-state index in [1.807, 2.05) is 0 Å². The Morgan fingerprint density at radius 1 is 0.966 bits per heavy atom. The number of aliphatic hydroxyl groups is 2. The maximum Gasteiger partial charge on any atom is 0.312 e. The first kappa shape index (κ1) is 44.0. The van der Waals surface area contributed by atoms with Gasteiger partial charge < -0.3 is 44.9 Å². The Balaban J connectivity index is 1.66. The van der Waals surface area contributed by atoms with Crippen LogP contribution >= 0.6 is 0 Å². The summed E-state index contributed by atoms with van der Waals surface area (Å²) in [5, 5.41) is 46.2. The van der Waals surface area contributed by atoms with Crippen molar-refractivity contribution in [2.24, 2.45) is 28.8 Å². The van der Waals surface area contributed by atoms with Crippen molar-refractivity contribution < 1.29 is 58.2 Å². The van der Waals surface area contributed by atoms with Gasteiger partial charge in [-0.05, 0) is 19.9 Å². The van der Waals surface area contributed by atoms with Gasteiger partial charge in [-0.25, -0.2) is 0 Å². The number of esters is 1. The predicted molar refractivity (Wildman–Crippen MR) is 211 cm³/mol. The second-order valence-corrected chi connectivity index (χ2v) is 15.5. The summed E-state index contributed by atoms with van der Waals surface area (Å²) < 4.78 is 23.5. The smallest absolute Gasteiger partial charge is 0.312 e. The molecule has 58 heavy (non-hydrogen) atoms. The third kappa shape index (κ3) is 8.51. The van der Waals surface area contributed by atoms with Crippen LogP contribution in [0.1, 0.15) is 85.1 Å². The minimum Gasteiger partial charge on any atom is -0.507 e. The third-order valence-electron chi connectivity index (χ3n) is 11.4. The predicted octanol–water partition coefficient (Wildman–Crippen LogP) is 2.89. The fourth-order valence-electron chi connectivity index (χ4n) is 7.75. The molecule has 16 nitrogen and oxygen atoms in total. The molecule has 9 atom stereocenters. The molecule has 16 heteroatoms. The van der Waals surface area contributed by atoms with Crippen LogP contribution in [0.5, 0.6) is 11.5 Å². The number of phenolic OH excluding ortho intramolecular Hbond substituents is 1. The van der Waals surface area contributed by atoms with Crippen molar-refractivity contribution in [3.05, 3.63) is 69.7 Å². The zero-order valence-corrected chi connectivity index (χ0v) is 34.3. The molecule has 314 valence electrons. The van der Waals surface area contributed by atoms with Crippen molar-refractivity contribution >= 4 is 35.4 Å². The first-order chi connectivity index (χ1) is 27.3. The monoisotopic (exact) mass is 806 g/mol. The normalized spacial score (nSPS) is 33.3. The fraction of sp³-hybridized carbons (Fsp3) is 0.524. The number of piperazine rings is 1. The Bertz CT molecular complexity index is 2000. The highest BCUT2D eigenvalue weighted by molar-refractivity contribution is 6.37. The molecule has 5 bridgehead atoms. The Hall–Kier alpha value is -5.16. The first-order valence-corrected chi connectivity index (χ1v) is 19.4. The summed E-state index contributed by atoms with van der Waals surface area (Å²) in [6.07, 6.45) is 4.54. The first-order valence-electron chi connectivity index (χ1n) is 19.4. The third-order valence-corrected chi connectivity index (χ3v) is 11.4. The molecule has 1 saturated heterocycles. The minimum absolute atomic E-state index is 0.0133. The van der Waals surface area contributed by atoms with Crippen molar-refractivity contribution in [3.8, 4) is 11.5 Å². The Morgan fingerprint density at radius 3 is 2.28 bits per heavy atom. The number of hydrogen-bond acceptors (Lipinski definition) is 15. The molecular weight excluding hydrogens is 752 g/mol. The lowest BCUT2D eigenvalue weighted by Gasteiger charge is -2.38. The second-order valence-electron chi connectivity index (χ2n) is 15.5. The standard InChI is InChI=1S/C42H54N4O12/c1-20-11-10-12-21(2)41(54)45-32-27(19-44-46-16-14-43-15-17-46)36(51)29-30(37(32)52)35(50)25(6)39-31(29)40(53)42(8,58-39)56-18-13-28(55-9)22(3)38(57-26(7)47)24(5)34(49)23(4)33(20)48/h10-13,18-20,22-24,28,33-34,38,43,48-50H,14-17H2,1-9H3,(H,45,54)/b11-10+,18-13+,21-12-,44-19+/t20-,22+,23+,24+,28-,33-,34+,38+,42-/m0/s1. The van der Waals surface area contributed by atoms with Crippen LogP contribution < -0.4 is 15.4 Å². The second kappa shape index (κ2) is 17.8. The van der Waals surface area contributed by atoms with E-state index in [4.69, 9.17) is 18.9 Å². The fourth-order valence-corrected chi connectivity index (χ4v) is 7.75. The van der Waals surface area contributed by atoms with Crippen LogP contribution in [0.2, 0.25) is 0 Å². The lowest BCUT2D eigenvalue weighted by atomic mass is 9.78. The number of Topliss-reactive ketones (excluding diaryl/α,β-unsaturated/α-hetero) is 3. The van der Waals surface area contributed by atoms with Gasteiger partial charge in [-0.2, -0.15) is 5.10 Å². The van der Waals surface area contributed by atoms with Crippen molar-refractivity contribution in [1.82, 2.24) is 15.6 Å². The highest BCUT2D eigenvalue weighted by Gasteiger charge is 2.52. The zero-order chi connectivity index (χ0) is 42.8. The number of hydrogen-bond donors (Lipinski definition) is 5. The van der Waals surface area contributed by atoms with Gasteiger partial charge in [-0.15, -0.1) is 0 Å². The molecule has 4 heterocycles. The Labute approximate surface area is 337 Å². The van der Waals surface area contributed by atoms with Gasteiger partial charge in [0.05, 0.1) is 53.1 Å². The van der Waals surface area contributed by atoms with Crippen LogP contribution in [0.15, 0.2) is 52.5 Å². The largest absolute Gasteiger partial charge is 0.507 e. The molecule has 0 saturated carbocycles. The average molecular weight is 807 g/mol. The Kier molecular flexibility index (Phi) is 13.5. The van der Waals surface area contributed by atoms with Crippen LogP contribution in [0.25, 0.3) is 0 Å². The number of hydrazone groups is 1. The van der Waals surface area contributed by atoms with Crippen molar-refractivity contribution in [1.29, 1.82) is 0 Å². The number of carbonyl (C=O) groups excluding carboxylic acids is 5. The molecule has 0 radical (unpaired) electrons. The Morgan fingerprint density at radius 2 is 1.64 bits per heavy atom. The van der Waals surface area contributed by atoms with Crippen LogP contribution in [0, 0.1) is 30.6 Å².